The molecule has 5 aromatic rings. The van der Waals surface area contributed by atoms with Crippen LogP contribution in [0.15, 0.2) is 173 Å². The van der Waals surface area contributed by atoms with Crippen LogP contribution < -0.4 is 9.80 Å². The summed E-state index contributed by atoms with van der Waals surface area (Å²) in [5.41, 5.74) is 14.8. The van der Waals surface area contributed by atoms with Crippen LogP contribution >= 0.6 is 0 Å². The number of allylic oxidation sites excluding steroid dienone is 14. The number of aliphatic hydroxyl groups is 1. The van der Waals surface area contributed by atoms with Gasteiger partial charge in [-0.15, -0.1) is 34.9 Å². The second-order valence-corrected chi connectivity index (χ2v) is 23.6. The predicted octanol–water partition coefficient (Wildman–Crippen LogP) is 17.0. The quantitative estimate of drug-likeness (QED) is 0.0698. The van der Waals surface area contributed by atoms with Crippen molar-refractivity contribution in [1.29, 1.82) is 10.5 Å². The number of carbonyl (C=O) groups is 1. The third-order valence-corrected chi connectivity index (χ3v) is 14.4. The number of nitriles is 2. The number of aryl methyl sites for hydroxylation is 3. The topological polar surface area (TPSA) is 131 Å². The van der Waals surface area contributed by atoms with Crippen molar-refractivity contribution in [3.8, 4) is 23.4 Å². The van der Waals surface area contributed by atoms with E-state index < -0.39 is 0 Å². The Morgan fingerprint density at radius 3 is 1.94 bits per heavy atom. The van der Waals surface area contributed by atoms with Gasteiger partial charge in [0.1, 0.15) is 17.3 Å². The van der Waals surface area contributed by atoms with Crippen LogP contribution in [0.1, 0.15) is 122 Å². The first-order chi connectivity index (χ1) is 38.7. The van der Waals surface area contributed by atoms with Crippen LogP contribution in [-0.4, -0.2) is 43.1 Å². The number of ketones is 1. The van der Waals surface area contributed by atoms with E-state index in [1.54, 1.807) is 18.2 Å². The standard InChI is InChI=1S/C30H35N3O.C19H19N3O.C17H14N.C5H8O2.Ir/c1-28(2,3)26-18-21(25(19-31)32-8)17-22(34-26)10-9-20-15-23-27-24(16-20)30(6,7)12-14-33(27)13-11-29(23,4)5;1-14-11-16(19(13-20)21-2)12-18(23-14)10-7-15-5-8-17(9-6-15)22(3)4;1-12-9-13(2)11-15(10-12)17-8-7-14-5-3-4-6-16(14)18-17;1-4(6)3-5(2)7;/h9-10,15-18H,11-14H2,1-7H3;5-6,8-9,11-12H,7,10H2,1,3-4H3;3-10H,1-2H3;3,6H,1-2H3;/q;;-1;;/b10-9+,25-21-;19-16+;;;. The van der Waals surface area contributed by atoms with Gasteiger partial charge < -0.3 is 24.4 Å². The van der Waals surface area contributed by atoms with E-state index in [4.69, 9.17) is 38.0 Å². The summed E-state index contributed by atoms with van der Waals surface area (Å²) in [4.78, 5) is 26.0. The molecule has 83 heavy (non-hydrogen) atoms. The molecule has 0 bridgehead atoms. The largest absolute Gasteiger partial charge is 0.512 e. The van der Waals surface area contributed by atoms with Crippen molar-refractivity contribution in [2.45, 2.75) is 120 Å². The van der Waals surface area contributed by atoms with Crippen LogP contribution in [0.4, 0.5) is 11.4 Å². The smallest absolute Gasteiger partial charge is 0.269 e. The minimum absolute atomic E-state index is 0. The Hall–Kier alpha value is -8.51. The monoisotopic (exact) mass is 1280 g/mol. The molecule has 4 aliphatic heterocycles. The summed E-state index contributed by atoms with van der Waals surface area (Å²) in [6.45, 7) is 41.1. The van der Waals surface area contributed by atoms with E-state index in [2.05, 4.69) is 161 Å². The van der Waals surface area contributed by atoms with Crippen LogP contribution in [0.2, 0.25) is 0 Å². The molecule has 9 rings (SSSR count). The number of aliphatic hydroxyl groups excluding tert-OH is 1. The number of pyridine rings is 1. The van der Waals surface area contributed by atoms with E-state index in [9.17, 15) is 10.1 Å². The van der Waals surface area contributed by atoms with Gasteiger partial charge in [-0.2, -0.15) is 0 Å². The first-order valence-electron chi connectivity index (χ1n) is 27.6. The Bertz CT molecular complexity index is 3580. The molecule has 1 aromatic heterocycles. The zero-order valence-electron chi connectivity index (χ0n) is 50.5. The summed E-state index contributed by atoms with van der Waals surface area (Å²) in [6.07, 6.45) is 16.3. The number of hydrogen-bond acceptors (Lipinski definition) is 9. The number of nitrogens with zero attached hydrogens (tertiary/aromatic N) is 7. The van der Waals surface area contributed by atoms with Crippen LogP contribution in [0.5, 0.6) is 0 Å². The van der Waals surface area contributed by atoms with Gasteiger partial charge in [-0.1, -0.05) is 111 Å². The van der Waals surface area contributed by atoms with Crippen molar-refractivity contribution in [3.63, 3.8) is 0 Å². The van der Waals surface area contributed by atoms with Gasteiger partial charge >= 0.3 is 0 Å². The number of fused-ring (bicyclic) bond motifs is 1. The maximum Gasteiger partial charge on any atom is 0.269 e. The van der Waals surface area contributed by atoms with Crippen LogP contribution in [0.25, 0.3) is 37.9 Å². The predicted molar refractivity (Wildman–Crippen MR) is 333 cm³/mol. The van der Waals surface area contributed by atoms with Gasteiger partial charge in [0.2, 0.25) is 0 Å². The first-order valence-corrected chi connectivity index (χ1v) is 27.6. The van der Waals surface area contributed by atoms with Crippen molar-refractivity contribution in [1.82, 2.24) is 4.98 Å². The van der Waals surface area contributed by atoms with Crippen molar-refractivity contribution in [2.24, 2.45) is 5.41 Å². The molecule has 12 heteroatoms. The molecule has 4 aliphatic rings. The fraction of sp³-hybridized carbons (Fsp3) is 0.324. The van der Waals surface area contributed by atoms with Gasteiger partial charge in [-0.3, -0.25) is 9.78 Å². The zero-order valence-corrected chi connectivity index (χ0v) is 52.9. The van der Waals surface area contributed by atoms with E-state index in [0.29, 0.717) is 22.7 Å². The Balaban J connectivity index is 0.000000224. The summed E-state index contributed by atoms with van der Waals surface area (Å²) in [5, 5.41) is 28.0. The van der Waals surface area contributed by atoms with Crippen molar-refractivity contribution >= 4 is 34.1 Å². The number of anilines is 2. The normalized spacial score (nSPS) is 16.7. The number of hydrogen-bond donors (Lipinski definition) is 1. The Morgan fingerprint density at radius 2 is 1.41 bits per heavy atom. The minimum atomic E-state index is -0.241. The summed E-state index contributed by atoms with van der Waals surface area (Å²) in [6, 6.07) is 37.0. The van der Waals surface area contributed by atoms with Gasteiger partial charge in [0, 0.05) is 76.6 Å². The zero-order chi connectivity index (χ0) is 60.1. The average molecular weight is 1280 g/mol. The molecule has 0 saturated heterocycles. The fourth-order valence-corrected chi connectivity index (χ4v) is 9.89. The van der Waals surface area contributed by atoms with Crippen molar-refractivity contribution in [3.05, 3.63) is 235 Å². The van der Waals surface area contributed by atoms with Gasteiger partial charge in [0.15, 0.2) is 5.78 Å². The maximum atomic E-state index is 10.0. The molecule has 0 amide bonds. The summed E-state index contributed by atoms with van der Waals surface area (Å²) in [7, 11) is 4.03. The van der Waals surface area contributed by atoms with Crippen LogP contribution in [0, 0.1) is 61.1 Å². The Kier molecular flexibility index (Phi) is 22.4. The number of benzene rings is 4. The second-order valence-electron chi connectivity index (χ2n) is 23.6. The third kappa shape index (κ3) is 17.7. The van der Waals surface area contributed by atoms with Gasteiger partial charge in [0.05, 0.1) is 42.3 Å². The maximum absolute atomic E-state index is 10.0. The molecule has 0 spiro atoms. The minimum Gasteiger partial charge on any atom is -0.512 e. The molecule has 0 atom stereocenters. The molecular formula is C71H76IrN7O4-. The van der Waals surface area contributed by atoms with Crippen LogP contribution in [0.3, 0.4) is 0 Å². The van der Waals surface area contributed by atoms with E-state index in [0.717, 1.165) is 78.2 Å². The van der Waals surface area contributed by atoms with E-state index in [1.165, 1.54) is 58.9 Å². The summed E-state index contributed by atoms with van der Waals surface area (Å²) in [5.74, 6) is 2.82. The van der Waals surface area contributed by atoms with Gasteiger partial charge in [-0.05, 0) is 156 Å². The molecule has 429 valence electrons. The Morgan fingerprint density at radius 1 is 0.807 bits per heavy atom. The first kappa shape index (κ1) is 65.3. The average Bonchev–Trinajstić information content (AvgIpc) is 3.54. The number of ether oxygens (including phenoxy) is 2. The molecule has 1 radical (unpaired) electrons. The van der Waals surface area contributed by atoms with Gasteiger partial charge in [0.25, 0.3) is 11.4 Å². The SMILES string of the molecule is CC(=O)C=C(C)O.Cc1[c-]c(-c2ccc3ccccc3n2)cc(C)c1.[C-]#[N+]/C(C#N)=C1C=C(/C=C/c2cc3c4c(c2)C(C)(C)CCN4CCC3(C)C)OC(C(C)(C)C)=C/1.[C-]#[N+]/C(C#N)=C1\C=C(C)OC(CCc2ccc(N(C)C)cc2)=C1.[Ir]. The number of rotatable bonds is 8. The van der Waals surface area contributed by atoms with E-state index >= 15 is 0 Å². The summed E-state index contributed by atoms with van der Waals surface area (Å²) >= 11 is 0. The molecular weight excluding hydrogens is 1210 g/mol. The van der Waals surface area contributed by atoms with E-state index in [1.807, 2.05) is 63.5 Å². The third-order valence-electron chi connectivity index (χ3n) is 14.4. The molecule has 0 saturated carbocycles. The Labute approximate surface area is 506 Å². The molecule has 1 N–H and O–H groups in total. The van der Waals surface area contributed by atoms with Crippen molar-refractivity contribution < 1.29 is 39.5 Å². The number of aromatic nitrogens is 1. The van der Waals surface area contributed by atoms with Gasteiger partial charge in [-0.25, -0.2) is 20.2 Å². The van der Waals surface area contributed by atoms with Crippen molar-refractivity contribution in [2.75, 3.05) is 37.0 Å². The number of carbonyl (C=O) groups excluding carboxylic acids is 1. The summed E-state index contributed by atoms with van der Waals surface area (Å²) < 4.78 is 11.9. The fourth-order valence-electron chi connectivity index (χ4n) is 9.89. The molecule has 5 heterocycles. The molecule has 0 fully saturated rings. The second kappa shape index (κ2) is 28.5. The van der Waals surface area contributed by atoms with Crippen LogP contribution in [-0.2, 0) is 51.6 Å². The molecule has 11 nitrogen and oxygen atoms in total. The molecule has 4 aromatic carbocycles. The number of para-hydroxylation sites is 1. The molecule has 0 unspecified atom stereocenters. The molecule has 0 aliphatic carbocycles. The van der Waals surface area contributed by atoms with E-state index in [-0.39, 0.29) is 59.3 Å².